The molecule has 2 aromatic heterocycles. The number of amides is 1. The Kier molecular flexibility index (Phi) is 6.51. The maximum atomic E-state index is 12.6. The molecular formula is C21H24ClN7O2. The van der Waals surface area contributed by atoms with Gasteiger partial charge in [0.25, 0.3) is 0 Å². The number of piperazine rings is 1. The van der Waals surface area contributed by atoms with Gasteiger partial charge in [-0.05, 0) is 29.8 Å². The normalized spacial score (nSPS) is 14.7. The number of carbonyl (C=O) groups is 1. The maximum absolute atomic E-state index is 12.6. The van der Waals surface area contributed by atoms with Crippen LogP contribution in [0.4, 0.5) is 0 Å². The summed E-state index contributed by atoms with van der Waals surface area (Å²) in [6, 6.07) is 11.0. The molecule has 0 unspecified atom stereocenters. The van der Waals surface area contributed by atoms with Crippen LogP contribution in [0.25, 0.3) is 11.6 Å². The first kappa shape index (κ1) is 20.9. The largest absolute Gasteiger partial charge is 0.461 e. The zero-order chi connectivity index (χ0) is 21.6. The van der Waals surface area contributed by atoms with Crippen LogP contribution in [-0.2, 0) is 17.8 Å². The molecule has 0 radical (unpaired) electrons. The second-order valence-electron chi connectivity index (χ2n) is 7.16. The van der Waals surface area contributed by atoms with Crippen molar-refractivity contribution in [2.45, 2.75) is 13.0 Å². The van der Waals surface area contributed by atoms with E-state index in [9.17, 15) is 4.79 Å². The number of hydrogen-bond donors (Lipinski definition) is 2. The first-order valence-corrected chi connectivity index (χ1v) is 10.4. The van der Waals surface area contributed by atoms with Gasteiger partial charge in [-0.15, -0.1) is 5.10 Å². The number of nitrogens with one attached hydrogen (secondary N) is 2. The number of furan rings is 1. The van der Waals surface area contributed by atoms with Crippen molar-refractivity contribution in [1.29, 1.82) is 0 Å². The molecule has 3 heterocycles. The van der Waals surface area contributed by atoms with Crippen molar-refractivity contribution in [2.75, 3.05) is 33.2 Å². The van der Waals surface area contributed by atoms with Crippen molar-refractivity contribution in [3.63, 3.8) is 0 Å². The SMILES string of the molecule is CN=C(NCc1nc(-c2ccco2)n[nH]1)N1CCN(C(=O)Cc2cccc(Cl)c2)CC1. The summed E-state index contributed by atoms with van der Waals surface area (Å²) < 4.78 is 5.31. The van der Waals surface area contributed by atoms with Gasteiger partial charge in [-0.25, -0.2) is 4.98 Å². The van der Waals surface area contributed by atoms with Crippen molar-refractivity contribution in [1.82, 2.24) is 30.3 Å². The Labute approximate surface area is 185 Å². The summed E-state index contributed by atoms with van der Waals surface area (Å²) in [7, 11) is 1.74. The first-order valence-electron chi connectivity index (χ1n) is 10.1. The number of aromatic amines is 1. The lowest BCUT2D eigenvalue weighted by atomic mass is 10.1. The Morgan fingerprint density at radius 2 is 2.03 bits per heavy atom. The van der Waals surface area contributed by atoms with E-state index >= 15 is 0 Å². The molecule has 1 aliphatic heterocycles. The standard InChI is InChI=1S/C21H24ClN7O2/c1-23-21(24-14-18-25-20(27-26-18)17-6-3-11-31-17)29-9-7-28(8-10-29)19(30)13-15-4-2-5-16(22)12-15/h2-6,11-12H,7-10,13-14H2,1H3,(H,23,24)(H,25,26,27). The zero-order valence-electron chi connectivity index (χ0n) is 17.2. The average molecular weight is 442 g/mol. The van der Waals surface area contributed by atoms with Gasteiger partial charge in [-0.2, -0.15) is 0 Å². The molecule has 0 bridgehead atoms. The van der Waals surface area contributed by atoms with Crippen molar-refractivity contribution >= 4 is 23.5 Å². The van der Waals surface area contributed by atoms with Gasteiger partial charge in [0.05, 0.1) is 19.2 Å². The van der Waals surface area contributed by atoms with Crippen LogP contribution in [0.15, 0.2) is 52.1 Å². The van der Waals surface area contributed by atoms with E-state index in [1.165, 1.54) is 0 Å². The van der Waals surface area contributed by atoms with Crippen LogP contribution in [0.2, 0.25) is 5.02 Å². The van der Waals surface area contributed by atoms with E-state index in [4.69, 9.17) is 16.0 Å². The smallest absolute Gasteiger partial charge is 0.227 e. The van der Waals surface area contributed by atoms with Crippen molar-refractivity contribution in [3.05, 3.63) is 59.1 Å². The number of halogens is 1. The lowest BCUT2D eigenvalue weighted by Gasteiger charge is -2.36. The molecule has 1 saturated heterocycles. The molecular weight excluding hydrogens is 418 g/mol. The molecule has 0 atom stereocenters. The Balaban J connectivity index is 1.27. The molecule has 1 aromatic carbocycles. The lowest BCUT2D eigenvalue weighted by Crippen LogP contribution is -2.53. The van der Waals surface area contributed by atoms with Crippen LogP contribution in [0.3, 0.4) is 0 Å². The molecule has 1 fully saturated rings. The van der Waals surface area contributed by atoms with E-state index in [0.717, 1.165) is 11.5 Å². The summed E-state index contributed by atoms with van der Waals surface area (Å²) in [5.41, 5.74) is 0.929. The minimum atomic E-state index is 0.108. The molecule has 0 spiro atoms. The van der Waals surface area contributed by atoms with Gasteiger partial charge in [0.15, 0.2) is 11.7 Å². The number of rotatable bonds is 5. The van der Waals surface area contributed by atoms with Crippen molar-refractivity contribution in [2.24, 2.45) is 4.99 Å². The Bertz CT molecular complexity index is 1040. The summed E-state index contributed by atoms with van der Waals surface area (Å²) in [5, 5.41) is 11.0. The Hall–Kier alpha value is -3.33. The number of hydrogen-bond acceptors (Lipinski definition) is 5. The van der Waals surface area contributed by atoms with Crippen molar-refractivity contribution in [3.8, 4) is 11.6 Å². The number of aromatic nitrogens is 3. The third-order valence-electron chi connectivity index (χ3n) is 5.08. The molecule has 31 heavy (non-hydrogen) atoms. The fourth-order valence-corrected chi connectivity index (χ4v) is 3.70. The molecule has 9 nitrogen and oxygen atoms in total. The fourth-order valence-electron chi connectivity index (χ4n) is 3.49. The molecule has 162 valence electrons. The van der Waals surface area contributed by atoms with Crippen LogP contribution in [-0.4, -0.2) is 70.1 Å². The summed E-state index contributed by atoms with van der Waals surface area (Å²) in [4.78, 5) is 25.4. The van der Waals surface area contributed by atoms with Gasteiger partial charge >= 0.3 is 0 Å². The molecule has 10 heteroatoms. The van der Waals surface area contributed by atoms with Gasteiger partial charge in [0.1, 0.15) is 5.82 Å². The van der Waals surface area contributed by atoms with E-state index in [2.05, 4.69) is 30.4 Å². The topological polar surface area (TPSA) is 103 Å². The number of aliphatic imine (C=N–C) groups is 1. The molecule has 1 aliphatic rings. The second kappa shape index (κ2) is 9.65. The molecule has 0 aliphatic carbocycles. The van der Waals surface area contributed by atoms with Gasteiger partial charge in [-0.3, -0.25) is 14.9 Å². The summed E-state index contributed by atoms with van der Waals surface area (Å²) in [6.45, 7) is 3.15. The van der Waals surface area contributed by atoms with Gasteiger partial charge in [0, 0.05) is 38.2 Å². The van der Waals surface area contributed by atoms with Gasteiger partial charge < -0.3 is 19.5 Å². The first-order chi connectivity index (χ1) is 15.1. The third kappa shape index (κ3) is 5.24. The highest BCUT2D eigenvalue weighted by Gasteiger charge is 2.23. The molecule has 4 rings (SSSR count). The molecule has 1 amide bonds. The average Bonchev–Trinajstić information content (AvgIpc) is 3.47. The Morgan fingerprint density at radius 1 is 1.23 bits per heavy atom. The lowest BCUT2D eigenvalue weighted by molar-refractivity contribution is -0.131. The van der Waals surface area contributed by atoms with E-state index in [1.807, 2.05) is 35.2 Å². The second-order valence-corrected chi connectivity index (χ2v) is 7.59. The number of carbonyl (C=O) groups excluding carboxylic acids is 1. The monoisotopic (exact) mass is 441 g/mol. The quantitative estimate of drug-likeness (QED) is 0.464. The van der Waals surface area contributed by atoms with E-state index < -0.39 is 0 Å². The highest BCUT2D eigenvalue weighted by molar-refractivity contribution is 6.30. The van der Waals surface area contributed by atoms with Crippen molar-refractivity contribution < 1.29 is 9.21 Å². The van der Waals surface area contributed by atoms with Gasteiger partial charge in [-0.1, -0.05) is 23.7 Å². The van der Waals surface area contributed by atoms with Crippen LogP contribution in [0.5, 0.6) is 0 Å². The highest BCUT2D eigenvalue weighted by atomic mass is 35.5. The van der Waals surface area contributed by atoms with Crippen LogP contribution in [0, 0.1) is 0 Å². The number of guanidine groups is 1. The third-order valence-corrected chi connectivity index (χ3v) is 5.31. The summed E-state index contributed by atoms with van der Waals surface area (Å²) in [5.74, 6) is 2.69. The molecule has 0 saturated carbocycles. The fraction of sp³-hybridized carbons (Fsp3) is 0.333. The van der Waals surface area contributed by atoms with Gasteiger partial charge in [0.2, 0.25) is 11.7 Å². The van der Waals surface area contributed by atoms with E-state index in [1.54, 1.807) is 19.4 Å². The summed E-state index contributed by atoms with van der Waals surface area (Å²) in [6.07, 6.45) is 1.95. The maximum Gasteiger partial charge on any atom is 0.227 e. The van der Waals surface area contributed by atoms with Crippen LogP contribution >= 0.6 is 11.6 Å². The predicted molar refractivity (Wildman–Crippen MR) is 118 cm³/mol. The molecule has 3 aromatic rings. The van der Waals surface area contributed by atoms with Crippen LogP contribution in [0.1, 0.15) is 11.4 Å². The Morgan fingerprint density at radius 3 is 2.74 bits per heavy atom. The zero-order valence-corrected chi connectivity index (χ0v) is 18.0. The molecule has 2 N–H and O–H groups in total. The number of benzene rings is 1. The minimum absolute atomic E-state index is 0.108. The van der Waals surface area contributed by atoms with Crippen LogP contribution < -0.4 is 5.32 Å². The number of H-pyrrole nitrogens is 1. The predicted octanol–water partition coefficient (Wildman–Crippen LogP) is 2.18. The minimum Gasteiger partial charge on any atom is -0.461 e. The summed E-state index contributed by atoms with van der Waals surface area (Å²) >= 11 is 6.02. The van der Waals surface area contributed by atoms with E-state index in [-0.39, 0.29) is 5.91 Å². The van der Waals surface area contributed by atoms with E-state index in [0.29, 0.717) is 61.6 Å². The highest BCUT2D eigenvalue weighted by Crippen LogP contribution is 2.15. The number of nitrogens with zero attached hydrogens (tertiary/aromatic N) is 5.